The van der Waals surface area contributed by atoms with E-state index in [1.54, 1.807) is 16.8 Å². The fourth-order valence-corrected chi connectivity index (χ4v) is 2.33. The van der Waals surface area contributed by atoms with Gasteiger partial charge in [-0.1, -0.05) is 23.7 Å². The summed E-state index contributed by atoms with van der Waals surface area (Å²) >= 11 is 6.02. The molecular weight excluding hydrogens is 288 g/mol. The molecular formula is C15H19ClN4O. The van der Waals surface area contributed by atoms with Crippen LogP contribution < -0.4 is 5.32 Å². The molecule has 1 aromatic carbocycles. The number of likely N-dealkylation sites (N-methyl/N-ethyl adjacent to an activating group) is 1. The lowest BCUT2D eigenvalue weighted by molar-refractivity contribution is -0.117. The van der Waals surface area contributed by atoms with E-state index in [2.05, 4.69) is 10.4 Å². The fourth-order valence-electron chi connectivity index (χ4n) is 2.15. The molecule has 1 N–H and O–H groups in total. The van der Waals surface area contributed by atoms with Gasteiger partial charge < -0.3 is 5.32 Å². The number of rotatable bonds is 5. The lowest BCUT2D eigenvalue weighted by Crippen LogP contribution is -2.30. The quantitative estimate of drug-likeness (QED) is 0.923. The Morgan fingerprint density at radius 2 is 2.14 bits per heavy atom. The van der Waals surface area contributed by atoms with Crippen molar-refractivity contribution >= 4 is 23.2 Å². The molecule has 1 heterocycles. The van der Waals surface area contributed by atoms with Gasteiger partial charge in [0.25, 0.3) is 0 Å². The molecule has 0 unspecified atom stereocenters. The molecule has 0 atom stereocenters. The molecule has 0 spiro atoms. The number of nitrogens with zero attached hydrogens (tertiary/aromatic N) is 3. The summed E-state index contributed by atoms with van der Waals surface area (Å²) in [5, 5.41) is 7.65. The van der Waals surface area contributed by atoms with Crippen molar-refractivity contribution in [1.29, 1.82) is 0 Å². The average Bonchev–Trinajstić information content (AvgIpc) is 2.70. The van der Waals surface area contributed by atoms with E-state index in [-0.39, 0.29) is 5.91 Å². The minimum Gasteiger partial charge on any atom is -0.324 e. The van der Waals surface area contributed by atoms with E-state index in [4.69, 9.17) is 11.6 Å². The maximum Gasteiger partial charge on any atom is 0.238 e. The van der Waals surface area contributed by atoms with Gasteiger partial charge in [-0.15, -0.1) is 0 Å². The molecule has 0 saturated heterocycles. The minimum atomic E-state index is -0.0906. The maximum absolute atomic E-state index is 12.0. The van der Waals surface area contributed by atoms with Crippen molar-refractivity contribution in [2.75, 3.05) is 18.9 Å². The van der Waals surface area contributed by atoms with Gasteiger partial charge in [-0.05, 0) is 26.1 Å². The Hall–Kier alpha value is -1.85. The Bertz CT molecular complexity index is 638. The topological polar surface area (TPSA) is 50.2 Å². The molecule has 0 aliphatic heterocycles. The molecule has 2 rings (SSSR count). The van der Waals surface area contributed by atoms with Crippen molar-refractivity contribution in [1.82, 2.24) is 14.7 Å². The number of aryl methyl sites for hydroxylation is 2. The lowest BCUT2D eigenvalue weighted by Gasteiger charge is -2.16. The van der Waals surface area contributed by atoms with Gasteiger partial charge in [0.2, 0.25) is 5.91 Å². The highest BCUT2D eigenvalue weighted by molar-refractivity contribution is 6.33. The lowest BCUT2D eigenvalue weighted by atomic mass is 10.2. The number of carbonyl (C=O) groups is 1. The molecule has 0 saturated carbocycles. The van der Waals surface area contributed by atoms with Gasteiger partial charge in [-0.3, -0.25) is 14.4 Å². The molecule has 0 aliphatic rings. The number of hydrogen-bond acceptors (Lipinski definition) is 3. The van der Waals surface area contributed by atoms with Crippen molar-refractivity contribution in [2.45, 2.75) is 13.5 Å². The molecule has 21 heavy (non-hydrogen) atoms. The van der Waals surface area contributed by atoms with Gasteiger partial charge >= 0.3 is 0 Å². The third-order valence-corrected chi connectivity index (χ3v) is 3.45. The van der Waals surface area contributed by atoms with Crippen LogP contribution in [0.2, 0.25) is 5.02 Å². The van der Waals surface area contributed by atoms with Crippen LogP contribution >= 0.6 is 11.6 Å². The van der Waals surface area contributed by atoms with E-state index in [1.165, 1.54) is 0 Å². The molecule has 0 bridgehead atoms. The van der Waals surface area contributed by atoms with Crippen LogP contribution in [-0.4, -0.2) is 34.2 Å². The SMILES string of the molecule is Cc1nn(C)cc1CN(C)CC(=O)Nc1ccccc1Cl. The zero-order valence-corrected chi connectivity index (χ0v) is 13.2. The van der Waals surface area contributed by atoms with Gasteiger partial charge in [0.1, 0.15) is 0 Å². The van der Waals surface area contributed by atoms with Crippen molar-refractivity contribution in [3.8, 4) is 0 Å². The van der Waals surface area contributed by atoms with Gasteiger partial charge in [0.05, 0.1) is 22.9 Å². The first kappa shape index (κ1) is 15.5. The minimum absolute atomic E-state index is 0.0906. The Balaban J connectivity index is 1.90. The second-order valence-electron chi connectivity index (χ2n) is 5.11. The first-order valence-corrected chi connectivity index (χ1v) is 7.05. The van der Waals surface area contributed by atoms with Crippen LogP contribution in [0.3, 0.4) is 0 Å². The van der Waals surface area contributed by atoms with Crippen molar-refractivity contribution < 1.29 is 4.79 Å². The van der Waals surface area contributed by atoms with Gasteiger partial charge in [-0.25, -0.2) is 0 Å². The summed E-state index contributed by atoms with van der Waals surface area (Å²) in [5.41, 5.74) is 2.73. The zero-order valence-electron chi connectivity index (χ0n) is 12.4. The normalized spacial score (nSPS) is 10.9. The van der Waals surface area contributed by atoms with Gasteiger partial charge in [-0.2, -0.15) is 5.10 Å². The Morgan fingerprint density at radius 1 is 1.43 bits per heavy atom. The molecule has 2 aromatic rings. The third kappa shape index (κ3) is 4.31. The van der Waals surface area contributed by atoms with Crippen molar-refractivity contribution in [3.05, 3.63) is 46.7 Å². The molecule has 112 valence electrons. The fraction of sp³-hybridized carbons (Fsp3) is 0.333. The third-order valence-electron chi connectivity index (χ3n) is 3.12. The highest BCUT2D eigenvalue weighted by Crippen LogP contribution is 2.20. The largest absolute Gasteiger partial charge is 0.324 e. The van der Waals surface area contributed by atoms with Crippen LogP contribution in [0.4, 0.5) is 5.69 Å². The van der Waals surface area contributed by atoms with Crippen LogP contribution in [0.1, 0.15) is 11.3 Å². The highest BCUT2D eigenvalue weighted by Gasteiger charge is 2.11. The van der Waals surface area contributed by atoms with Crippen LogP contribution in [-0.2, 0) is 18.4 Å². The molecule has 0 aliphatic carbocycles. The van der Waals surface area contributed by atoms with Crippen LogP contribution in [0.5, 0.6) is 0 Å². The second kappa shape index (κ2) is 6.74. The summed E-state index contributed by atoms with van der Waals surface area (Å²) in [7, 11) is 3.79. The molecule has 6 heteroatoms. The maximum atomic E-state index is 12.0. The van der Waals surface area contributed by atoms with Crippen molar-refractivity contribution in [3.63, 3.8) is 0 Å². The van der Waals surface area contributed by atoms with E-state index >= 15 is 0 Å². The predicted octanol–water partition coefficient (Wildman–Crippen LogP) is 2.45. The van der Waals surface area contributed by atoms with E-state index in [0.29, 0.717) is 23.8 Å². The molecule has 0 fully saturated rings. The number of aromatic nitrogens is 2. The summed E-state index contributed by atoms with van der Waals surface area (Å²) in [4.78, 5) is 14.0. The first-order valence-electron chi connectivity index (χ1n) is 6.67. The van der Waals surface area contributed by atoms with E-state index in [1.807, 2.05) is 44.2 Å². The summed E-state index contributed by atoms with van der Waals surface area (Å²) in [6, 6.07) is 7.20. The number of para-hydroxylation sites is 1. The number of anilines is 1. The number of hydrogen-bond donors (Lipinski definition) is 1. The van der Waals surface area contributed by atoms with Crippen molar-refractivity contribution in [2.24, 2.45) is 7.05 Å². The van der Waals surface area contributed by atoms with E-state index in [0.717, 1.165) is 11.3 Å². The van der Waals surface area contributed by atoms with E-state index < -0.39 is 0 Å². The highest BCUT2D eigenvalue weighted by atomic mass is 35.5. The molecule has 5 nitrogen and oxygen atoms in total. The Kier molecular flexibility index (Phi) is 4.98. The summed E-state index contributed by atoms with van der Waals surface area (Å²) in [6.07, 6.45) is 1.97. The summed E-state index contributed by atoms with van der Waals surface area (Å²) in [5.74, 6) is -0.0906. The second-order valence-corrected chi connectivity index (χ2v) is 5.52. The molecule has 1 aromatic heterocycles. The number of amides is 1. The Labute approximate surface area is 129 Å². The first-order chi connectivity index (χ1) is 9.95. The molecule has 0 radical (unpaired) electrons. The number of carbonyl (C=O) groups excluding carboxylic acids is 1. The number of benzene rings is 1. The van der Waals surface area contributed by atoms with Gasteiger partial charge in [0, 0.05) is 25.4 Å². The van der Waals surface area contributed by atoms with Crippen LogP contribution in [0.25, 0.3) is 0 Å². The van der Waals surface area contributed by atoms with Crippen LogP contribution in [0.15, 0.2) is 30.5 Å². The van der Waals surface area contributed by atoms with E-state index in [9.17, 15) is 4.79 Å². The predicted molar refractivity (Wildman–Crippen MR) is 84.4 cm³/mol. The summed E-state index contributed by atoms with van der Waals surface area (Å²) in [6.45, 7) is 2.93. The summed E-state index contributed by atoms with van der Waals surface area (Å²) < 4.78 is 1.78. The smallest absolute Gasteiger partial charge is 0.238 e. The monoisotopic (exact) mass is 306 g/mol. The average molecular weight is 307 g/mol. The number of nitrogens with one attached hydrogen (secondary N) is 1. The van der Waals surface area contributed by atoms with Gasteiger partial charge in [0.15, 0.2) is 0 Å². The number of halogens is 1. The standard InChI is InChI=1S/C15H19ClN4O/c1-11-12(9-20(3)18-11)8-19(2)10-15(21)17-14-7-5-4-6-13(14)16/h4-7,9H,8,10H2,1-3H3,(H,17,21). The zero-order chi connectivity index (χ0) is 15.4. The molecule has 1 amide bonds. The van der Waals surface area contributed by atoms with Crippen LogP contribution in [0, 0.1) is 6.92 Å². The Morgan fingerprint density at radius 3 is 2.76 bits per heavy atom.